The van der Waals surface area contributed by atoms with Crippen LogP contribution in [0.25, 0.3) is 0 Å². The van der Waals surface area contributed by atoms with Gasteiger partial charge in [-0.1, -0.05) is 19.8 Å². The summed E-state index contributed by atoms with van der Waals surface area (Å²) in [5.41, 5.74) is 6.50. The molecule has 1 aliphatic rings. The number of hydrogen-bond donors (Lipinski definition) is 2. The van der Waals surface area contributed by atoms with Crippen molar-refractivity contribution in [2.45, 2.75) is 39.0 Å². The molecule has 2 rings (SSSR count). The van der Waals surface area contributed by atoms with Crippen LogP contribution in [-0.4, -0.2) is 19.6 Å². The summed E-state index contributed by atoms with van der Waals surface area (Å²) in [5.74, 6) is -0.994. The van der Waals surface area contributed by atoms with Crippen molar-refractivity contribution in [3.05, 3.63) is 23.5 Å². The van der Waals surface area contributed by atoms with E-state index >= 15 is 0 Å². The second kappa shape index (κ2) is 6.33. The van der Waals surface area contributed by atoms with Gasteiger partial charge < -0.3 is 15.8 Å². The van der Waals surface area contributed by atoms with E-state index in [0.29, 0.717) is 12.2 Å². The number of carbonyl (C=O) groups excluding carboxylic acids is 1. The maximum absolute atomic E-state index is 14.0. The number of esters is 1. The topological polar surface area (TPSA) is 64.3 Å². The number of methoxy groups -OCH3 is 1. The van der Waals surface area contributed by atoms with Crippen LogP contribution in [0, 0.1) is 11.2 Å². The highest BCUT2D eigenvalue weighted by Crippen LogP contribution is 2.41. The van der Waals surface area contributed by atoms with Crippen LogP contribution in [0.3, 0.4) is 0 Å². The lowest BCUT2D eigenvalue weighted by Crippen LogP contribution is -2.26. The summed E-state index contributed by atoms with van der Waals surface area (Å²) in [6.45, 7) is 2.89. The number of halogens is 1. The highest BCUT2D eigenvalue weighted by Gasteiger charge is 2.32. The van der Waals surface area contributed by atoms with Crippen molar-refractivity contribution in [2.24, 2.45) is 5.41 Å². The largest absolute Gasteiger partial charge is 0.465 e. The number of nitrogens with two attached hydrogens (primary N) is 1. The highest BCUT2D eigenvalue weighted by atomic mass is 19.1. The zero-order chi connectivity index (χ0) is 15.5. The average Bonchev–Trinajstić information content (AvgIpc) is 2.95. The van der Waals surface area contributed by atoms with E-state index in [1.807, 2.05) is 0 Å². The molecule has 0 heterocycles. The molecule has 5 heteroatoms. The molecule has 0 spiro atoms. The van der Waals surface area contributed by atoms with Crippen molar-refractivity contribution >= 4 is 17.3 Å². The van der Waals surface area contributed by atoms with Gasteiger partial charge in [-0.3, -0.25) is 0 Å². The molecule has 0 saturated heterocycles. The molecule has 1 aliphatic carbocycles. The third-order valence-corrected chi connectivity index (χ3v) is 4.61. The summed E-state index contributed by atoms with van der Waals surface area (Å²) in [7, 11) is 1.28. The number of benzene rings is 1. The fourth-order valence-corrected chi connectivity index (χ4v) is 3.07. The zero-order valence-electron chi connectivity index (χ0n) is 12.7. The molecular weight excluding hydrogens is 271 g/mol. The van der Waals surface area contributed by atoms with Crippen LogP contribution in [-0.2, 0) is 4.74 Å². The van der Waals surface area contributed by atoms with E-state index in [1.54, 1.807) is 0 Å². The molecule has 0 radical (unpaired) electrons. The predicted molar refractivity (Wildman–Crippen MR) is 81.8 cm³/mol. The lowest BCUT2D eigenvalue weighted by atomic mass is 9.83. The number of ether oxygens (including phenoxy) is 1. The van der Waals surface area contributed by atoms with Gasteiger partial charge in [0.1, 0.15) is 5.82 Å². The van der Waals surface area contributed by atoms with E-state index in [9.17, 15) is 9.18 Å². The first-order valence-corrected chi connectivity index (χ1v) is 7.42. The minimum Gasteiger partial charge on any atom is -0.465 e. The Balaban J connectivity index is 2.18. The van der Waals surface area contributed by atoms with E-state index in [0.717, 1.165) is 19.3 Å². The van der Waals surface area contributed by atoms with Gasteiger partial charge in [0.05, 0.1) is 18.4 Å². The molecule has 0 unspecified atom stereocenters. The third kappa shape index (κ3) is 3.28. The lowest BCUT2D eigenvalue weighted by molar-refractivity contribution is 0.0602. The molecule has 21 heavy (non-hydrogen) atoms. The van der Waals surface area contributed by atoms with Crippen LogP contribution >= 0.6 is 0 Å². The molecule has 0 bridgehead atoms. The van der Waals surface area contributed by atoms with Gasteiger partial charge in [0, 0.05) is 12.2 Å². The number of anilines is 2. The van der Waals surface area contributed by atoms with Crippen LogP contribution in [0.1, 0.15) is 49.4 Å². The standard InChI is InChI=1S/C16H23FN2O2/c1-3-16(6-4-5-7-16)10-19-14-8-11(15(20)21-2)13(18)9-12(14)17/h8-9,19H,3-7,10,18H2,1-2H3. The molecule has 1 saturated carbocycles. The molecular formula is C16H23FN2O2. The second-order valence-electron chi connectivity index (χ2n) is 5.83. The van der Waals surface area contributed by atoms with Crippen LogP contribution in [0.5, 0.6) is 0 Å². The molecule has 4 nitrogen and oxygen atoms in total. The van der Waals surface area contributed by atoms with Gasteiger partial charge in [0.25, 0.3) is 0 Å². The van der Waals surface area contributed by atoms with Gasteiger partial charge in [0.2, 0.25) is 0 Å². The first-order valence-electron chi connectivity index (χ1n) is 7.42. The summed E-state index contributed by atoms with van der Waals surface area (Å²) in [6.07, 6.45) is 5.86. The van der Waals surface area contributed by atoms with Gasteiger partial charge in [-0.2, -0.15) is 0 Å². The molecule has 0 amide bonds. The fraction of sp³-hybridized carbons (Fsp3) is 0.562. The Bertz CT molecular complexity index is 525. The monoisotopic (exact) mass is 294 g/mol. The highest BCUT2D eigenvalue weighted by molar-refractivity contribution is 5.96. The molecule has 1 aromatic rings. The normalized spacial score (nSPS) is 16.7. The molecule has 0 atom stereocenters. The van der Waals surface area contributed by atoms with Gasteiger partial charge in [-0.15, -0.1) is 0 Å². The van der Waals surface area contributed by atoms with Crippen molar-refractivity contribution in [1.29, 1.82) is 0 Å². The summed E-state index contributed by atoms with van der Waals surface area (Å²) in [6, 6.07) is 2.61. The molecule has 0 aromatic heterocycles. The summed E-state index contributed by atoms with van der Waals surface area (Å²) < 4.78 is 18.7. The van der Waals surface area contributed by atoms with Crippen LogP contribution in [0.2, 0.25) is 0 Å². The summed E-state index contributed by atoms with van der Waals surface area (Å²) in [5, 5.41) is 3.15. The Morgan fingerprint density at radius 2 is 2.10 bits per heavy atom. The Hall–Kier alpha value is -1.78. The SMILES string of the molecule is CCC1(CNc2cc(C(=O)OC)c(N)cc2F)CCCC1. The minimum atomic E-state index is -0.554. The van der Waals surface area contributed by atoms with Crippen molar-refractivity contribution in [3.63, 3.8) is 0 Å². The number of rotatable bonds is 5. The third-order valence-electron chi connectivity index (χ3n) is 4.61. The van der Waals surface area contributed by atoms with Crippen LogP contribution in [0.4, 0.5) is 15.8 Å². The summed E-state index contributed by atoms with van der Waals surface area (Å²) in [4.78, 5) is 11.6. The maximum atomic E-state index is 14.0. The Kier molecular flexibility index (Phi) is 4.70. The van der Waals surface area contributed by atoms with Gasteiger partial charge in [-0.25, -0.2) is 9.18 Å². The second-order valence-corrected chi connectivity index (χ2v) is 5.83. The first-order chi connectivity index (χ1) is 10.0. The summed E-state index contributed by atoms with van der Waals surface area (Å²) >= 11 is 0. The number of hydrogen-bond acceptors (Lipinski definition) is 4. The van der Waals surface area contributed by atoms with Crippen molar-refractivity contribution in [1.82, 2.24) is 0 Å². The van der Waals surface area contributed by atoms with E-state index in [-0.39, 0.29) is 16.7 Å². The predicted octanol–water partition coefficient (Wildman–Crippen LogP) is 3.58. The Morgan fingerprint density at radius 1 is 1.43 bits per heavy atom. The Labute approximate surface area is 124 Å². The van der Waals surface area contributed by atoms with E-state index in [1.165, 1.54) is 32.1 Å². The molecule has 1 aromatic carbocycles. The number of carbonyl (C=O) groups is 1. The van der Waals surface area contributed by atoms with E-state index in [2.05, 4.69) is 17.0 Å². The van der Waals surface area contributed by atoms with Crippen LogP contribution in [0.15, 0.2) is 12.1 Å². The van der Waals surface area contributed by atoms with Crippen molar-refractivity contribution < 1.29 is 13.9 Å². The Morgan fingerprint density at radius 3 is 2.67 bits per heavy atom. The molecule has 3 N–H and O–H groups in total. The van der Waals surface area contributed by atoms with E-state index < -0.39 is 11.8 Å². The maximum Gasteiger partial charge on any atom is 0.340 e. The first kappa shape index (κ1) is 15.6. The minimum absolute atomic E-state index is 0.0935. The van der Waals surface area contributed by atoms with Crippen LogP contribution < -0.4 is 11.1 Å². The quantitative estimate of drug-likeness (QED) is 0.643. The van der Waals surface area contributed by atoms with Crippen molar-refractivity contribution in [3.8, 4) is 0 Å². The smallest absolute Gasteiger partial charge is 0.340 e. The molecule has 116 valence electrons. The fourth-order valence-electron chi connectivity index (χ4n) is 3.07. The molecule has 0 aliphatic heterocycles. The zero-order valence-corrected chi connectivity index (χ0v) is 12.7. The van der Waals surface area contributed by atoms with Gasteiger partial charge >= 0.3 is 5.97 Å². The lowest BCUT2D eigenvalue weighted by Gasteiger charge is -2.28. The van der Waals surface area contributed by atoms with E-state index in [4.69, 9.17) is 5.73 Å². The van der Waals surface area contributed by atoms with Crippen molar-refractivity contribution in [2.75, 3.05) is 24.7 Å². The average molecular weight is 294 g/mol. The molecule has 1 fully saturated rings. The van der Waals surface area contributed by atoms with Gasteiger partial charge in [-0.05, 0) is 36.8 Å². The number of nitrogen functional groups attached to an aromatic ring is 1. The number of nitrogens with one attached hydrogen (secondary N) is 1. The van der Waals surface area contributed by atoms with Gasteiger partial charge in [0.15, 0.2) is 0 Å².